The molecule has 49 valence electrons. The molecule has 0 heterocycles. The summed E-state index contributed by atoms with van der Waals surface area (Å²) in [5.41, 5.74) is 9.54. The third-order valence-electron chi connectivity index (χ3n) is 1.23. The van der Waals surface area contributed by atoms with Crippen LogP contribution < -0.4 is 0 Å². The van der Waals surface area contributed by atoms with Crippen molar-refractivity contribution in [3.8, 4) is 0 Å². The molecule has 0 aliphatic rings. The number of hydrogen-bond acceptors (Lipinski definition) is 0. The summed E-state index contributed by atoms with van der Waals surface area (Å²) in [6.07, 6.45) is 0. The average Bonchev–Trinajstić information content (AvgIpc) is 2.05. The van der Waals surface area contributed by atoms with E-state index in [9.17, 15) is 0 Å². The Hall–Kier alpha value is -1.40. The zero-order valence-corrected chi connectivity index (χ0v) is 5.49. The molecule has 0 saturated heterocycles. The normalized spacial score (nSPS) is 8.50. The van der Waals surface area contributed by atoms with Gasteiger partial charge in [-0.3, -0.25) is 0 Å². The van der Waals surface area contributed by atoms with Crippen molar-refractivity contribution >= 4 is 5.71 Å². The van der Waals surface area contributed by atoms with Gasteiger partial charge in [0.1, 0.15) is 0 Å². The van der Waals surface area contributed by atoms with Crippen LogP contribution in [0, 0.1) is 6.92 Å². The van der Waals surface area contributed by atoms with Crippen LogP contribution in [0.1, 0.15) is 5.56 Å². The fourth-order valence-electron chi connectivity index (χ4n) is 0.688. The van der Waals surface area contributed by atoms with Gasteiger partial charge in [0.15, 0.2) is 0 Å². The van der Waals surface area contributed by atoms with Crippen molar-refractivity contribution in [3.63, 3.8) is 0 Å². The van der Waals surface area contributed by atoms with Gasteiger partial charge in [0.25, 0.3) is 5.71 Å². The molecule has 0 aromatic heterocycles. The maximum absolute atomic E-state index is 8.31. The lowest BCUT2D eigenvalue weighted by Gasteiger charge is -1.86. The van der Waals surface area contributed by atoms with E-state index in [1.165, 1.54) is 0 Å². The Morgan fingerprint density at radius 2 is 1.90 bits per heavy atom. The van der Waals surface area contributed by atoms with Gasteiger partial charge in [-0.2, -0.15) is 4.79 Å². The lowest BCUT2D eigenvalue weighted by atomic mass is 10.1. The van der Waals surface area contributed by atoms with Crippen molar-refractivity contribution in [2.75, 3.05) is 0 Å². The second kappa shape index (κ2) is 2.95. The van der Waals surface area contributed by atoms with Gasteiger partial charge in [0.05, 0.1) is 12.5 Å². The predicted molar refractivity (Wildman–Crippen MR) is 39.5 cm³/mol. The summed E-state index contributed by atoms with van der Waals surface area (Å²) in [7, 11) is 0. The molecule has 1 aromatic rings. The Morgan fingerprint density at radius 3 is 2.40 bits per heavy atom. The second-order valence-electron chi connectivity index (χ2n) is 1.91. The second-order valence-corrected chi connectivity index (χ2v) is 1.91. The van der Waals surface area contributed by atoms with E-state index < -0.39 is 0 Å². The minimum absolute atomic E-state index is 0.389. The van der Waals surface area contributed by atoms with Crippen molar-refractivity contribution in [1.29, 1.82) is 0 Å². The smallest absolute Gasteiger partial charge is 0.299 e. The fourth-order valence-corrected chi connectivity index (χ4v) is 0.688. The van der Waals surface area contributed by atoms with Crippen LogP contribution >= 0.6 is 0 Å². The Bertz CT molecular complexity index is 258. The van der Waals surface area contributed by atoms with Gasteiger partial charge in [-0.05, 0) is 12.1 Å². The lowest BCUT2D eigenvalue weighted by molar-refractivity contribution is -0.00237. The van der Waals surface area contributed by atoms with Crippen molar-refractivity contribution in [3.05, 3.63) is 48.4 Å². The predicted octanol–water partition coefficient (Wildman–Crippen LogP) is 1.54. The zero-order valence-electron chi connectivity index (χ0n) is 5.49. The molecule has 1 radical (unpaired) electrons. The van der Waals surface area contributed by atoms with Gasteiger partial charge in [-0.1, -0.05) is 18.2 Å². The molecule has 0 aliphatic carbocycles. The van der Waals surface area contributed by atoms with E-state index in [-0.39, 0.29) is 0 Å². The van der Waals surface area contributed by atoms with Crippen LogP contribution in [0.2, 0.25) is 0 Å². The highest BCUT2D eigenvalue weighted by atomic mass is 14.8. The molecule has 0 N–H and O–H groups in total. The van der Waals surface area contributed by atoms with Crippen LogP contribution in [-0.4, -0.2) is 10.5 Å². The van der Waals surface area contributed by atoms with Gasteiger partial charge >= 0.3 is 0 Å². The van der Waals surface area contributed by atoms with Crippen LogP contribution in [0.5, 0.6) is 0 Å². The topological polar surface area (TPSA) is 36.4 Å². The Labute approximate surface area is 59.7 Å². The molecule has 0 amide bonds. The SMILES string of the molecule is [CH2]C(=[N+]=[N-])c1ccccc1. The number of nitrogens with zero attached hydrogens (tertiary/aromatic N) is 2. The van der Waals surface area contributed by atoms with E-state index in [4.69, 9.17) is 5.53 Å². The maximum Gasteiger partial charge on any atom is 0.299 e. The molecule has 0 aliphatic heterocycles. The van der Waals surface area contributed by atoms with Crippen molar-refractivity contribution in [2.24, 2.45) is 0 Å². The van der Waals surface area contributed by atoms with E-state index in [0.29, 0.717) is 5.71 Å². The lowest BCUT2D eigenvalue weighted by Crippen LogP contribution is -1.93. The molecule has 0 spiro atoms. The van der Waals surface area contributed by atoms with Gasteiger partial charge < -0.3 is 5.53 Å². The molecular weight excluding hydrogens is 124 g/mol. The fraction of sp³-hybridized carbons (Fsp3) is 0. The van der Waals surface area contributed by atoms with Gasteiger partial charge in [-0.15, -0.1) is 0 Å². The Balaban J connectivity index is 3.08. The van der Waals surface area contributed by atoms with Crippen LogP contribution in [0.25, 0.3) is 5.53 Å². The first-order valence-electron chi connectivity index (χ1n) is 2.94. The molecule has 0 fully saturated rings. The summed E-state index contributed by atoms with van der Waals surface area (Å²) >= 11 is 0. The molecular formula is C8H7N2. The summed E-state index contributed by atoms with van der Waals surface area (Å²) in [4.78, 5) is 2.96. The molecule has 0 atom stereocenters. The van der Waals surface area contributed by atoms with Gasteiger partial charge in [0, 0.05) is 0 Å². The van der Waals surface area contributed by atoms with E-state index >= 15 is 0 Å². The van der Waals surface area contributed by atoms with E-state index in [0.717, 1.165) is 5.56 Å². The monoisotopic (exact) mass is 131 g/mol. The summed E-state index contributed by atoms with van der Waals surface area (Å²) in [6.45, 7) is 3.53. The standard InChI is InChI=1S/C8H7N2/c1-7(10-9)8-5-3-2-4-6-8/h2-6H,1H2. The third kappa shape index (κ3) is 1.30. The van der Waals surface area contributed by atoms with Crippen LogP contribution in [0.4, 0.5) is 0 Å². The van der Waals surface area contributed by atoms with Crippen molar-refractivity contribution in [2.45, 2.75) is 0 Å². The first-order chi connectivity index (χ1) is 4.84. The number of rotatable bonds is 1. The highest BCUT2D eigenvalue weighted by Gasteiger charge is 2.00. The van der Waals surface area contributed by atoms with Crippen LogP contribution in [0.3, 0.4) is 0 Å². The molecule has 0 bridgehead atoms. The van der Waals surface area contributed by atoms with E-state index in [1.807, 2.05) is 30.3 Å². The first kappa shape index (κ1) is 6.72. The highest BCUT2D eigenvalue weighted by molar-refractivity contribution is 5.99. The number of hydrogen-bond donors (Lipinski definition) is 0. The molecule has 0 saturated carbocycles. The zero-order chi connectivity index (χ0) is 7.40. The van der Waals surface area contributed by atoms with Crippen molar-refractivity contribution < 1.29 is 4.79 Å². The Morgan fingerprint density at radius 1 is 1.30 bits per heavy atom. The quantitative estimate of drug-likeness (QED) is 0.315. The summed E-state index contributed by atoms with van der Waals surface area (Å²) < 4.78 is 0. The van der Waals surface area contributed by atoms with Crippen LogP contribution in [0.15, 0.2) is 30.3 Å². The summed E-state index contributed by atoms with van der Waals surface area (Å²) in [5, 5.41) is 0. The van der Waals surface area contributed by atoms with Gasteiger partial charge in [-0.25, -0.2) is 0 Å². The highest BCUT2D eigenvalue weighted by Crippen LogP contribution is 1.96. The molecule has 0 unspecified atom stereocenters. The first-order valence-corrected chi connectivity index (χ1v) is 2.94. The average molecular weight is 131 g/mol. The van der Waals surface area contributed by atoms with Crippen molar-refractivity contribution in [1.82, 2.24) is 0 Å². The van der Waals surface area contributed by atoms with Gasteiger partial charge in [0.2, 0.25) is 0 Å². The van der Waals surface area contributed by atoms with E-state index in [1.54, 1.807) is 0 Å². The largest absolute Gasteiger partial charge is 0.361 e. The van der Waals surface area contributed by atoms with E-state index in [2.05, 4.69) is 11.7 Å². The maximum atomic E-state index is 8.31. The molecule has 1 aromatic carbocycles. The summed E-state index contributed by atoms with van der Waals surface area (Å²) in [5.74, 6) is 0. The molecule has 2 nitrogen and oxygen atoms in total. The van der Waals surface area contributed by atoms with Crippen LogP contribution in [-0.2, 0) is 0 Å². The molecule has 1 rings (SSSR count). The summed E-state index contributed by atoms with van der Waals surface area (Å²) in [6, 6.07) is 9.30. The molecule has 10 heavy (non-hydrogen) atoms. The minimum Gasteiger partial charge on any atom is -0.361 e. The Kier molecular flexibility index (Phi) is 1.98. The molecule has 2 heteroatoms. The minimum atomic E-state index is 0.389. The third-order valence-corrected chi connectivity index (χ3v) is 1.23. The number of benzene rings is 1.